The smallest absolute Gasteiger partial charge is 0.183 e. The Morgan fingerprint density at radius 1 is 1.23 bits per heavy atom. The highest BCUT2D eigenvalue weighted by atomic mass is 32.2. The molecule has 0 saturated carbocycles. The second kappa shape index (κ2) is 5.56. The summed E-state index contributed by atoms with van der Waals surface area (Å²) < 4.78 is 32.9. The first-order valence-electron chi connectivity index (χ1n) is 8.62. The average molecular weight is 369 g/mol. The Kier molecular flexibility index (Phi) is 3.39. The first-order chi connectivity index (χ1) is 12.5. The van der Waals surface area contributed by atoms with E-state index in [2.05, 4.69) is 10.00 Å². The van der Waals surface area contributed by atoms with Crippen LogP contribution in [-0.2, 0) is 23.4 Å². The zero-order valence-corrected chi connectivity index (χ0v) is 15.2. The minimum absolute atomic E-state index is 0.0264. The molecule has 0 unspecified atom stereocenters. The van der Waals surface area contributed by atoms with E-state index in [1.54, 1.807) is 23.3 Å². The summed E-state index contributed by atoms with van der Waals surface area (Å²) in [5.41, 5.74) is 4.03. The Bertz CT molecular complexity index is 1070. The lowest BCUT2D eigenvalue weighted by Crippen LogP contribution is -2.25. The normalized spacial score (nSPS) is 23.9. The summed E-state index contributed by atoms with van der Waals surface area (Å²) in [6, 6.07) is 7.55. The molecule has 1 saturated heterocycles. The number of likely N-dealkylation sites (tertiary alicyclic amines) is 1. The topological polar surface area (TPSA) is 68.3 Å². The summed E-state index contributed by atoms with van der Waals surface area (Å²) in [5.74, 6) is 0.0264. The second-order valence-corrected chi connectivity index (χ2v) is 9.31. The Balaban J connectivity index is 1.48. The number of aryl methyl sites for hydroxylation is 1. The van der Waals surface area contributed by atoms with E-state index in [0.717, 1.165) is 35.3 Å². The molecule has 0 aliphatic carbocycles. The highest BCUT2D eigenvalue weighted by Gasteiger charge is 2.50. The van der Waals surface area contributed by atoms with Gasteiger partial charge in [0.1, 0.15) is 0 Å². The van der Waals surface area contributed by atoms with Crippen LogP contribution in [0.1, 0.15) is 17.0 Å². The maximum Gasteiger partial charge on any atom is 0.183 e. The minimum atomic E-state index is -3.27. The monoisotopic (exact) mass is 369 g/mol. The summed E-state index contributed by atoms with van der Waals surface area (Å²) in [6.07, 6.45) is 7.14. The van der Waals surface area contributed by atoms with Gasteiger partial charge in [0.25, 0.3) is 0 Å². The molecule has 2 atom stereocenters. The van der Waals surface area contributed by atoms with E-state index in [-0.39, 0.29) is 11.2 Å². The number of sulfone groups is 1. The third-order valence-electron chi connectivity index (χ3n) is 5.48. The molecule has 134 valence electrons. The van der Waals surface area contributed by atoms with Crippen LogP contribution in [0.2, 0.25) is 0 Å². The van der Waals surface area contributed by atoms with Crippen molar-refractivity contribution in [3.05, 3.63) is 60.3 Å². The van der Waals surface area contributed by atoms with E-state index in [0.29, 0.717) is 11.4 Å². The number of hydrogen-bond donors (Lipinski definition) is 0. The fourth-order valence-electron chi connectivity index (χ4n) is 4.27. The molecule has 0 radical (unpaired) electrons. The van der Waals surface area contributed by atoms with Gasteiger partial charge in [-0.25, -0.2) is 8.42 Å². The molecule has 2 aliphatic rings. The lowest BCUT2D eigenvalue weighted by molar-refractivity contribution is 0.325. The van der Waals surface area contributed by atoms with Crippen molar-refractivity contribution in [1.82, 2.24) is 14.7 Å². The van der Waals surface area contributed by atoms with Crippen molar-refractivity contribution in [3.8, 4) is 11.1 Å². The van der Waals surface area contributed by atoms with Crippen molar-refractivity contribution in [2.45, 2.75) is 22.6 Å². The highest BCUT2D eigenvalue weighted by molar-refractivity contribution is 7.92. The molecule has 5 rings (SSSR count). The highest BCUT2D eigenvalue weighted by Crippen LogP contribution is 2.46. The zero-order valence-electron chi connectivity index (χ0n) is 14.4. The van der Waals surface area contributed by atoms with Gasteiger partial charge in [0.15, 0.2) is 9.84 Å². The van der Waals surface area contributed by atoms with Crippen molar-refractivity contribution in [2.75, 3.05) is 13.1 Å². The van der Waals surface area contributed by atoms with Crippen LogP contribution in [-0.4, -0.2) is 41.4 Å². The van der Waals surface area contributed by atoms with Crippen LogP contribution in [0.5, 0.6) is 0 Å². The van der Waals surface area contributed by atoms with Gasteiger partial charge in [-0.3, -0.25) is 9.58 Å². The Morgan fingerprint density at radius 3 is 2.85 bits per heavy atom. The molecule has 2 aromatic heterocycles. The van der Waals surface area contributed by atoms with Crippen LogP contribution in [0.3, 0.4) is 0 Å². The summed E-state index contributed by atoms with van der Waals surface area (Å²) in [6.45, 7) is 2.05. The van der Waals surface area contributed by atoms with Crippen molar-refractivity contribution in [2.24, 2.45) is 7.05 Å². The zero-order chi connectivity index (χ0) is 17.9. The summed E-state index contributed by atoms with van der Waals surface area (Å²) in [4.78, 5) is 2.72. The van der Waals surface area contributed by atoms with Crippen molar-refractivity contribution >= 4 is 9.84 Å². The maximum absolute atomic E-state index is 13.0. The number of benzene rings is 1. The van der Waals surface area contributed by atoms with Crippen molar-refractivity contribution < 1.29 is 12.8 Å². The molecule has 0 bridgehead atoms. The number of aromatic nitrogens is 2. The van der Waals surface area contributed by atoms with Gasteiger partial charge in [-0.2, -0.15) is 5.10 Å². The van der Waals surface area contributed by atoms with Crippen LogP contribution >= 0.6 is 0 Å². The molecule has 0 spiro atoms. The van der Waals surface area contributed by atoms with Gasteiger partial charge in [0.2, 0.25) is 0 Å². The fraction of sp³-hybridized carbons (Fsp3) is 0.316. The van der Waals surface area contributed by atoms with Gasteiger partial charge in [-0.15, -0.1) is 0 Å². The van der Waals surface area contributed by atoms with Crippen LogP contribution in [0, 0.1) is 0 Å². The molecule has 6 nitrogen and oxygen atoms in total. The van der Waals surface area contributed by atoms with E-state index in [1.807, 2.05) is 37.6 Å². The number of hydrogen-bond acceptors (Lipinski definition) is 5. The van der Waals surface area contributed by atoms with Crippen LogP contribution in [0.15, 0.2) is 58.5 Å². The van der Waals surface area contributed by atoms with E-state index < -0.39 is 9.84 Å². The number of furan rings is 1. The third-order valence-corrected chi connectivity index (χ3v) is 7.73. The molecule has 1 aromatic carbocycles. The SMILES string of the molecule is Cn1cc(CN2C[C@@H]3c4cc(-c5ccoc5)ccc4S(=O)(=O)[C@@H]3C2)cn1. The molecule has 4 heterocycles. The molecular weight excluding hydrogens is 350 g/mol. The molecule has 0 amide bonds. The maximum atomic E-state index is 13.0. The van der Waals surface area contributed by atoms with Crippen molar-refractivity contribution in [3.63, 3.8) is 0 Å². The Hall–Kier alpha value is -2.38. The predicted molar refractivity (Wildman–Crippen MR) is 96.3 cm³/mol. The summed E-state index contributed by atoms with van der Waals surface area (Å²) >= 11 is 0. The molecule has 3 aromatic rings. The van der Waals surface area contributed by atoms with Gasteiger partial charge >= 0.3 is 0 Å². The number of rotatable bonds is 3. The van der Waals surface area contributed by atoms with Gasteiger partial charge in [0, 0.05) is 49.9 Å². The summed E-state index contributed by atoms with van der Waals surface area (Å²) in [5, 5.41) is 3.85. The molecule has 1 fully saturated rings. The lowest BCUT2D eigenvalue weighted by Gasteiger charge is -2.16. The van der Waals surface area contributed by atoms with E-state index in [4.69, 9.17) is 4.42 Å². The number of nitrogens with zero attached hydrogens (tertiary/aromatic N) is 3. The Labute approximate surface area is 152 Å². The van der Waals surface area contributed by atoms with Gasteiger partial charge in [-0.05, 0) is 29.3 Å². The van der Waals surface area contributed by atoms with Crippen LogP contribution < -0.4 is 0 Å². The molecule has 0 N–H and O–H groups in total. The Morgan fingerprint density at radius 2 is 2.12 bits per heavy atom. The first-order valence-corrected chi connectivity index (χ1v) is 10.2. The first kappa shape index (κ1) is 15.8. The standard InChI is InChI=1S/C19H19N3O3S/c1-21-8-13(7-20-21)9-22-10-17-16-6-14(15-4-5-25-12-15)2-3-18(16)26(23,24)19(17)11-22/h2-8,12,17,19H,9-11H2,1H3/t17-,19-/m1/s1. The average Bonchev–Trinajstić information content (AvgIpc) is 3.37. The molecular formula is C19H19N3O3S. The van der Waals surface area contributed by atoms with Gasteiger partial charge < -0.3 is 4.42 Å². The summed E-state index contributed by atoms with van der Waals surface area (Å²) in [7, 11) is -1.39. The number of fused-ring (bicyclic) bond motifs is 3. The van der Waals surface area contributed by atoms with E-state index >= 15 is 0 Å². The lowest BCUT2D eigenvalue weighted by atomic mass is 9.95. The molecule has 7 heteroatoms. The second-order valence-electron chi connectivity index (χ2n) is 7.17. The van der Waals surface area contributed by atoms with Gasteiger partial charge in [-0.1, -0.05) is 6.07 Å². The predicted octanol–water partition coefficient (Wildman–Crippen LogP) is 2.44. The minimum Gasteiger partial charge on any atom is -0.472 e. The van der Waals surface area contributed by atoms with Gasteiger partial charge in [0.05, 0.1) is 28.9 Å². The third kappa shape index (κ3) is 2.34. The van der Waals surface area contributed by atoms with E-state index in [9.17, 15) is 8.42 Å². The van der Waals surface area contributed by atoms with Crippen LogP contribution in [0.25, 0.3) is 11.1 Å². The fourth-order valence-corrected chi connectivity index (χ4v) is 6.47. The quantitative estimate of drug-likeness (QED) is 0.709. The van der Waals surface area contributed by atoms with Crippen molar-refractivity contribution in [1.29, 1.82) is 0 Å². The van der Waals surface area contributed by atoms with E-state index in [1.165, 1.54) is 0 Å². The largest absolute Gasteiger partial charge is 0.472 e. The molecule has 26 heavy (non-hydrogen) atoms. The molecule has 2 aliphatic heterocycles. The van der Waals surface area contributed by atoms with Crippen LogP contribution in [0.4, 0.5) is 0 Å².